The molecule has 11 nitrogen and oxygen atoms in total. The van der Waals surface area contributed by atoms with E-state index >= 15 is 0 Å². The molecule has 4 N–H and O–H groups in total. The average molecular weight is 699 g/mol. The molecule has 1 saturated heterocycles. The number of benzene rings is 2. The van der Waals surface area contributed by atoms with Crippen LogP contribution in [0.3, 0.4) is 0 Å². The van der Waals surface area contributed by atoms with E-state index in [2.05, 4.69) is 19.9 Å². The number of aromatic nitrogens is 1. The van der Waals surface area contributed by atoms with Gasteiger partial charge in [-0.1, -0.05) is 32.3 Å². The van der Waals surface area contributed by atoms with Crippen molar-refractivity contribution in [2.24, 2.45) is 5.73 Å². The fourth-order valence-corrected chi connectivity index (χ4v) is 7.66. The number of sulfonamides is 1. The summed E-state index contributed by atoms with van der Waals surface area (Å²) in [6.45, 7) is 6.50. The molecule has 1 aliphatic carbocycles. The molecule has 14 heteroatoms. The van der Waals surface area contributed by atoms with Crippen molar-refractivity contribution in [2.45, 2.75) is 88.7 Å². The van der Waals surface area contributed by atoms with Crippen LogP contribution in [-0.4, -0.2) is 66.9 Å². The number of aryl methyl sites for hydroxylation is 1. The van der Waals surface area contributed by atoms with E-state index < -0.39 is 39.2 Å². The molecule has 0 bridgehead atoms. The predicted octanol–water partition coefficient (Wildman–Crippen LogP) is 6.08. The number of hydrogen-bond acceptors (Lipinski definition) is 7. The number of primary amides is 1. The Labute approximate surface area is 286 Å². The molecule has 0 unspecified atom stereocenters. The lowest BCUT2D eigenvalue weighted by molar-refractivity contribution is 0.0996. The van der Waals surface area contributed by atoms with Gasteiger partial charge in [0.15, 0.2) is 0 Å². The van der Waals surface area contributed by atoms with Crippen molar-refractivity contribution in [3.05, 3.63) is 77.0 Å². The Hall–Kier alpha value is -4.14. The zero-order valence-corrected chi connectivity index (χ0v) is 28.7. The Bertz CT molecular complexity index is 1740. The van der Waals surface area contributed by atoms with Gasteiger partial charge in [-0.2, -0.15) is 0 Å². The molecule has 1 aliphatic heterocycles. The lowest BCUT2D eigenvalue weighted by Crippen LogP contribution is -2.49. The van der Waals surface area contributed by atoms with Crippen LogP contribution >= 0.6 is 0 Å². The van der Waals surface area contributed by atoms with Gasteiger partial charge in [0, 0.05) is 56.1 Å². The molecule has 0 radical (unpaired) electrons. The standard InChI is InChI=1S/C35H44F2N6O5S/c1-3-4-17-43(35(45)40-32-20-29(34(38)44)30(36)21-31(32)37)26-15-18-42(19-16-26)22-24-9-14-33(39-23(24)2)48-27-10-12-28(13-11-27)49(46,47)41-25-7-5-6-8-25/h9-14,20-21,25-26,41H,3-8,15-19,22H2,1-2H3,(H2,38,44)(H,40,45). The van der Waals surface area contributed by atoms with E-state index in [1.54, 1.807) is 23.1 Å². The second-order valence-corrected chi connectivity index (χ2v) is 14.4. The Morgan fingerprint density at radius 3 is 2.35 bits per heavy atom. The van der Waals surface area contributed by atoms with E-state index in [1.165, 1.54) is 12.1 Å². The molecule has 0 spiro atoms. The summed E-state index contributed by atoms with van der Waals surface area (Å²) in [7, 11) is -3.58. The Morgan fingerprint density at radius 2 is 1.71 bits per heavy atom. The van der Waals surface area contributed by atoms with E-state index in [0.29, 0.717) is 43.6 Å². The molecule has 2 aromatic carbocycles. The quantitative estimate of drug-likeness (QED) is 0.196. The number of nitrogens with zero attached hydrogens (tertiary/aromatic N) is 3. The van der Waals surface area contributed by atoms with Crippen LogP contribution in [0.5, 0.6) is 11.6 Å². The van der Waals surface area contributed by atoms with Crippen LogP contribution in [0.1, 0.15) is 79.9 Å². The van der Waals surface area contributed by atoms with Gasteiger partial charge in [-0.3, -0.25) is 9.69 Å². The third-order valence-electron chi connectivity index (χ3n) is 9.17. The predicted molar refractivity (Wildman–Crippen MR) is 182 cm³/mol. The fourth-order valence-electron chi connectivity index (χ4n) is 6.36. The number of hydrogen-bond donors (Lipinski definition) is 3. The highest BCUT2D eigenvalue weighted by atomic mass is 32.2. The van der Waals surface area contributed by atoms with Gasteiger partial charge in [-0.25, -0.2) is 31.7 Å². The van der Waals surface area contributed by atoms with Crippen molar-refractivity contribution in [1.82, 2.24) is 19.5 Å². The molecule has 264 valence electrons. The normalized spacial score (nSPS) is 16.1. The number of halogens is 2. The van der Waals surface area contributed by atoms with E-state index in [1.807, 2.05) is 19.9 Å². The minimum absolute atomic E-state index is 0.00760. The van der Waals surface area contributed by atoms with Crippen molar-refractivity contribution in [2.75, 3.05) is 25.0 Å². The van der Waals surface area contributed by atoms with Crippen LogP contribution in [0.15, 0.2) is 53.4 Å². The number of nitrogens with one attached hydrogen (secondary N) is 2. The first-order valence-corrected chi connectivity index (χ1v) is 18.3. The number of pyridine rings is 1. The summed E-state index contributed by atoms with van der Waals surface area (Å²) in [5.41, 5.74) is 6.24. The Morgan fingerprint density at radius 1 is 1.02 bits per heavy atom. The molecule has 3 aromatic rings. The lowest BCUT2D eigenvalue weighted by atomic mass is 10.0. The van der Waals surface area contributed by atoms with Crippen molar-refractivity contribution < 1.29 is 31.5 Å². The van der Waals surface area contributed by atoms with E-state index in [-0.39, 0.29) is 22.7 Å². The van der Waals surface area contributed by atoms with Gasteiger partial charge in [0.25, 0.3) is 5.91 Å². The maximum atomic E-state index is 14.5. The molecule has 3 amide bonds. The van der Waals surface area contributed by atoms with Crippen LogP contribution in [-0.2, 0) is 16.6 Å². The van der Waals surface area contributed by atoms with Gasteiger partial charge in [0.05, 0.1) is 16.1 Å². The number of unbranched alkanes of at least 4 members (excludes halogenated alkanes) is 1. The smallest absolute Gasteiger partial charge is 0.322 e. The fraction of sp³-hybridized carbons (Fsp3) is 0.457. The molecule has 2 aliphatic rings. The number of likely N-dealkylation sites (tertiary alicyclic amines) is 1. The van der Waals surface area contributed by atoms with Crippen LogP contribution in [0.25, 0.3) is 0 Å². The lowest BCUT2D eigenvalue weighted by Gasteiger charge is -2.38. The highest BCUT2D eigenvalue weighted by molar-refractivity contribution is 7.89. The monoisotopic (exact) mass is 698 g/mol. The van der Waals surface area contributed by atoms with Gasteiger partial charge in [-0.05, 0) is 74.9 Å². The number of urea groups is 1. The number of carbonyl (C=O) groups excluding carboxylic acids is 2. The first-order valence-electron chi connectivity index (χ1n) is 16.8. The van der Waals surface area contributed by atoms with Crippen LogP contribution in [0.4, 0.5) is 19.3 Å². The second kappa shape index (κ2) is 16.0. The highest BCUT2D eigenvalue weighted by Gasteiger charge is 2.29. The minimum Gasteiger partial charge on any atom is -0.439 e. The topological polar surface area (TPSA) is 147 Å². The number of piperidine rings is 1. The van der Waals surface area contributed by atoms with Crippen LogP contribution in [0, 0.1) is 18.6 Å². The maximum Gasteiger partial charge on any atom is 0.322 e. The summed E-state index contributed by atoms with van der Waals surface area (Å²) >= 11 is 0. The number of rotatable bonds is 13. The second-order valence-electron chi connectivity index (χ2n) is 12.7. The van der Waals surface area contributed by atoms with E-state index in [0.717, 1.165) is 68.9 Å². The summed E-state index contributed by atoms with van der Waals surface area (Å²) < 4.78 is 62.6. The molecule has 5 rings (SSSR count). The molecule has 49 heavy (non-hydrogen) atoms. The summed E-state index contributed by atoms with van der Waals surface area (Å²) in [6.07, 6.45) is 6.81. The maximum absolute atomic E-state index is 14.5. The number of anilines is 1. The third kappa shape index (κ3) is 9.31. The van der Waals surface area contributed by atoms with Gasteiger partial charge in [0.1, 0.15) is 17.4 Å². The van der Waals surface area contributed by atoms with Gasteiger partial charge in [0.2, 0.25) is 15.9 Å². The van der Waals surface area contributed by atoms with Crippen LogP contribution in [0.2, 0.25) is 0 Å². The number of carbonyl (C=O) groups is 2. The average Bonchev–Trinajstić information content (AvgIpc) is 3.57. The molecule has 1 saturated carbocycles. The molecule has 2 heterocycles. The summed E-state index contributed by atoms with van der Waals surface area (Å²) in [6, 6.07) is 10.9. The first kappa shape index (κ1) is 36.1. The van der Waals surface area contributed by atoms with Crippen molar-refractivity contribution >= 4 is 27.6 Å². The van der Waals surface area contributed by atoms with E-state index in [9.17, 15) is 26.8 Å². The zero-order valence-electron chi connectivity index (χ0n) is 27.9. The summed E-state index contributed by atoms with van der Waals surface area (Å²) in [5.74, 6) is -2.25. The Balaban J connectivity index is 1.15. The SMILES string of the molecule is CCCCN(C(=O)Nc1cc(C(N)=O)c(F)cc1F)C1CCN(Cc2ccc(Oc3ccc(S(=O)(=O)NC4CCCC4)cc3)nc2C)CC1. The number of nitrogens with two attached hydrogens (primary N) is 1. The van der Waals surface area contributed by atoms with Gasteiger partial charge >= 0.3 is 6.03 Å². The third-order valence-corrected chi connectivity index (χ3v) is 10.7. The van der Waals surface area contributed by atoms with Crippen LogP contribution < -0.4 is 20.5 Å². The van der Waals surface area contributed by atoms with Gasteiger partial charge < -0.3 is 20.7 Å². The molecule has 2 fully saturated rings. The number of amides is 3. The number of ether oxygens (including phenoxy) is 1. The van der Waals surface area contributed by atoms with Crippen molar-refractivity contribution in [3.8, 4) is 11.6 Å². The van der Waals surface area contributed by atoms with E-state index in [4.69, 9.17) is 10.5 Å². The summed E-state index contributed by atoms with van der Waals surface area (Å²) in [4.78, 5) is 33.7. The Kier molecular flexibility index (Phi) is 11.8. The summed E-state index contributed by atoms with van der Waals surface area (Å²) in [5, 5.41) is 2.52. The highest BCUT2D eigenvalue weighted by Crippen LogP contribution is 2.27. The molecular weight excluding hydrogens is 654 g/mol. The molecular formula is C35H44F2N6O5S. The van der Waals surface area contributed by atoms with Crippen molar-refractivity contribution in [1.29, 1.82) is 0 Å². The van der Waals surface area contributed by atoms with Gasteiger partial charge in [-0.15, -0.1) is 0 Å². The first-order chi connectivity index (χ1) is 23.4. The zero-order chi connectivity index (χ0) is 35.1. The molecule has 0 atom stereocenters. The minimum atomic E-state index is -3.58. The van der Waals surface area contributed by atoms with Crippen molar-refractivity contribution in [3.63, 3.8) is 0 Å². The molecule has 1 aromatic heterocycles. The largest absolute Gasteiger partial charge is 0.439 e.